The monoisotopic (exact) mass is 280 g/mol. The normalized spacial score (nSPS) is 11.3. The number of anilines is 2. The Morgan fingerprint density at radius 3 is 2.68 bits per heavy atom. The third-order valence-electron chi connectivity index (χ3n) is 1.92. The second kappa shape index (κ2) is 6.18. The maximum absolute atomic E-state index is 11.7. The first-order chi connectivity index (χ1) is 8.79. The first-order valence-corrected chi connectivity index (χ1v) is 5.09. The Bertz CT molecular complexity index is 453. The molecule has 0 atom stereocenters. The Hall–Kier alpha value is -2.10. The summed E-state index contributed by atoms with van der Waals surface area (Å²) in [6.45, 7) is -1.44. The standard InChI is InChI=1S/C9H11F3N4O3/c10-9(11,12)5-19-4-3-14-7-2-1-6(16(17)18)8(13)15-7/h1-2H,3-5H2,(H3,13,14,15). The number of nitrogens with zero attached hydrogens (tertiary/aromatic N) is 2. The van der Waals surface area contributed by atoms with Crippen molar-refractivity contribution in [2.45, 2.75) is 6.18 Å². The molecule has 1 heterocycles. The summed E-state index contributed by atoms with van der Waals surface area (Å²) in [5.41, 5.74) is 5.00. The largest absolute Gasteiger partial charge is 0.411 e. The van der Waals surface area contributed by atoms with Crippen molar-refractivity contribution in [1.82, 2.24) is 4.98 Å². The summed E-state index contributed by atoms with van der Waals surface area (Å²) in [5.74, 6) is -0.0510. The first-order valence-electron chi connectivity index (χ1n) is 5.09. The van der Waals surface area contributed by atoms with Crippen LogP contribution in [-0.4, -0.2) is 35.8 Å². The zero-order chi connectivity index (χ0) is 14.5. The molecule has 0 spiro atoms. The van der Waals surface area contributed by atoms with Crippen LogP contribution in [0.25, 0.3) is 0 Å². The van der Waals surface area contributed by atoms with Crippen molar-refractivity contribution in [2.75, 3.05) is 30.8 Å². The van der Waals surface area contributed by atoms with Gasteiger partial charge >= 0.3 is 11.9 Å². The lowest BCUT2D eigenvalue weighted by atomic mass is 10.4. The smallest absolute Gasteiger partial charge is 0.378 e. The van der Waals surface area contributed by atoms with Gasteiger partial charge in [0.25, 0.3) is 0 Å². The average molecular weight is 280 g/mol. The second-order valence-corrected chi connectivity index (χ2v) is 3.45. The molecule has 19 heavy (non-hydrogen) atoms. The highest BCUT2D eigenvalue weighted by Crippen LogP contribution is 2.20. The van der Waals surface area contributed by atoms with Crippen LogP contribution in [0.5, 0.6) is 0 Å². The fourth-order valence-electron chi connectivity index (χ4n) is 1.16. The van der Waals surface area contributed by atoms with Crippen LogP contribution in [0, 0.1) is 10.1 Å². The fourth-order valence-corrected chi connectivity index (χ4v) is 1.16. The topological polar surface area (TPSA) is 103 Å². The molecule has 0 aliphatic carbocycles. The lowest BCUT2D eigenvalue weighted by Gasteiger charge is -2.09. The van der Waals surface area contributed by atoms with Crippen LogP contribution in [0.1, 0.15) is 0 Å². The number of rotatable bonds is 6. The molecule has 0 fully saturated rings. The van der Waals surface area contributed by atoms with E-state index in [4.69, 9.17) is 5.73 Å². The second-order valence-electron chi connectivity index (χ2n) is 3.45. The molecule has 10 heteroatoms. The molecule has 1 aromatic heterocycles. The van der Waals surface area contributed by atoms with E-state index in [1.165, 1.54) is 6.07 Å². The highest BCUT2D eigenvalue weighted by atomic mass is 19.4. The number of alkyl halides is 3. The molecule has 0 amide bonds. The Labute approximate surface area is 105 Å². The van der Waals surface area contributed by atoms with Crippen molar-refractivity contribution in [2.24, 2.45) is 0 Å². The summed E-state index contributed by atoms with van der Waals surface area (Å²) in [4.78, 5) is 13.5. The van der Waals surface area contributed by atoms with E-state index >= 15 is 0 Å². The van der Waals surface area contributed by atoms with Crippen molar-refractivity contribution in [1.29, 1.82) is 0 Å². The van der Waals surface area contributed by atoms with Gasteiger partial charge in [0.05, 0.1) is 11.5 Å². The van der Waals surface area contributed by atoms with E-state index in [9.17, 15) is 23.3 Å². The van der Waals surface area contributed by atoms with Gasteiger partial charge in [-0.1, -0.05) is 0 Å². The molecular formula is C9H11F3N4O3. The Morgan fingerprint density at radius 1 is 1.47 bits per heavy atom. The third kappa shape index (κ3) is 5.38. The van der Waals surface area contributed by atoms with E-state index < -0.39 is 17.7 Å². The van der Waals surface area contributed by atoms with E-state index in [1.807, 2.05) is 0 Å². The predicted octanol–water partition coefficient (Wildman–Crippen LogP) is 1.56. The number of hydrogen-bond donors (Lipinski definition) is 2. The summed E-state index contributed by atoms with van der Waals surface area (Å²) in [6.07, 6.45) is -4.37. The van der Waals surface area contributed by atoms with Crippen LogP contribution in [0.15, 0.2) is 12.1 Å². The minimum atomic E-state index is -4.37. The molecule has 1 aromatic rings. The van der Waals surface area contributed by atoms with Gasteiger partial charge in [0.1, 0.15) is 12.4 Å². The average Bonchev–Trinajstić information content (AvgIpc) is 2.26. The summed E-state index contributed by atoms with van der Waals surface area (Å²) < 4.78 is 39.6. The lowest BCUT2D eigenvalue weighted by Crippen LogP contribution is -2.20. The van der Waals surface area contributed by atoms with Gasteiger partial charge < -0.3 is 15.8 Å². The van der Waals surface area contributed by atoms with Crippen LogP contribution >= 0.6 is 0 Å². The maximum atomic E-state index is 11.7. The number of nitrogens with one attached hydrogen (secondary N) is 1. The minimum absolute atomic E-state index is 0.0698. The number of halogens is 3. The van der Waals surface area contributed by atoms with Crippen LogP contribution in [0.2, 0.25) is 0 Å². The molecule has 7 nitrogen and oxygen atoms in total. The minimum Gasteiger partial charge on any atom is -0.378 e. The zero-order valence-electron chi connectivity index (χ0n) is 9.61. The summed E-state index contributed by atoms with van der Waals surface area (Å²) in [6, 6.07) is 2.46. The van der Waals surface area contributed by atoms with E-state index in [0.29, 0.717) is 0 Å². The highest BCUT2D eigenvalue weighted by Gasteiger charge is 2.27. The van der Waals surface area contributed by atoms with Gasteiger partial charge in [-0.25, -0.2) is 4.98 Å². The number of ether oxygens (including phenoxy) is 1. The number of nitrogen functional groups attached to an aromatic ring is 1. The zero-order valence-corrected chi connectivity index (χ0v) is 9.61. The molecule has 0 unspecified atom stereocenters. The third-order valence-corrected chi connectivity index (χ3v) is 1.92. The van der Waals surface area contributed by atoms with E-state index in [-0.39, 0.29) is 30.5 Å². The molecule has 0 bridgehead atoms. The molecular weight excluding hydrogens is 269 g/mol. The van der Waals surface area contributed by atoms with Gasteiger partial charge in [-0.15, -0.1) is 0 Å². The number of aromatic nitrogens is 1. The van der Waals surface area contributed by atoms with Gasteiger partial charge in [-0.2, -0.15) is 13.2 Å². The molecule has 0 aliphatic heterocycles. The van der Waals surface area contributed by atoms with E-state index in [2.05, 4.69) is 15.0 Å². The Morgan fingerprint density at radius 2 is 2.16 bits per heavy atom. The van der Waals surface area contributed by atoms with Crippen LogP contribution in [0.3, 0.4) is 0 Å². The predicted molar refractivity (Wildman–Crippen MR) is 60.7 cm³/mol. The Kier molecular flexibility index (Phi) is 4.87. The van der Waals surface area contributed by atoms with Crippen LogP contribution in [0.4, 0.5) is 30.5 Å². The lowest BCUT2D eigenvalue weighted by molar-refractivity contribution is -0.384. The quantitative estimate of drug-likeness (QED) is 0.465. The number of nitro groups is 1. The SMILES string of the molecule is Nc1nc(NCCOCC(F)(F)F)ccc1[N+](=O)[O-]. The van der Waals surface area contributed by atoms with Gasteiger partial charge in [-0.05, 0) is 6.07 Å². The Balaban J connectivity index is 2.38. The first kappa shape index (κ1) is 15.0. The van der Waals surface area contributed by atoms with Gasteiger partial charge in [0.2, 0.25) is 5.82 Å². The molecule has 0 saturated carbocycles. The summed E-state index contributed by atoms with van der Waals surface area (Å²) in [5, 5.41) is 13.1. The highest BCUT2D eigenvalue weighted by molar-refractivity contribution is 5.57. The van der Waals surface area contributed by atoms with Crippen LogP contribution < -0.4 is 11.1 Å². The maximum Gasteiger partial charge on any atom is 0.411 e. The van der Waals surface area contributed by atoms with E-state index in [1.54, 1.807) is 0 Å². The number of pyridine rings is 1. The molecule has 0 aliphatic rings. The molecule has 0 aromatic carbocycles. The number of hydrogen-bond acceptors (Lipinski definition) is 6. The van der Waals surface area contributed by atoms with Crippen LogP contribution in [-0.2, 0) is 4.74 Å². The van der Waals surface area contributed by atoms with Gasteiger partial charge in [0.15, 0.2) is 0 Å². The number of nitrogens with two attached hydrogens (primary N) is 1. The summed E-state index contributed by atoms with van der Waals surface area (Å²) in [7, 11) is 0. The fraction of sp³-hybridized carbons (Fsp3) is 0.444. The van der Waals surface area contributed by atoms with Crippen molar-refractivity contribution in [3.63, 3.8) is 0 Å². The van der Waals surface area contributed by atoms with Crippen molar-refractivity contribution in [3.05, 3.63) is 22.2 Å². The van der Waals surface area contributed by atoms with Crippen molar-refractivity contribution in [3.8, 4) is 0 Å². The van der Waals surface area contributed by atoms with Gasteiger partial charge in [-0.3, -0.25) is 10.1 Å². The molecule has 106 valence electrons. The molecule has 1 rings (SSSR count). The molecule has 0 saturated heterocycles. The molecule has 0 radical (unpaired) electrons. The summed E-state index contributed by atoms with van der Waals surface area (Å²) >= 11 is 0. The van der Waals surface area contributed by atoms with Crippen molar-refractivity contribution < 1.29 is 22.8 Å². The van der Waals surface area contributed by atoms with Crippen molar-refractivity contribution >= 4 is 17.3 Å². The van der Waals surface area contributed by atoms with E-state index in [0.717, 1.165) is 6.07 Å². The molecule has 3 N–H and O–H groups in total. The van der Waals surface area contributed by atoms with Gasteiger partial charge in [0, 0.05) is 12.6 Å².